The molecule has 70 heavy (non-hydrogen) atoms. The number of carbonyl (C=O) groups is 2. The van der Waals surface area contributed by atoms with Crippen molar-refractivity contribution in [2.45, 2.75) is 0 Å². The van der Waals surface area contributed by atoms with Crippen LogP contribution in [0.2, 0.25) is 0 Å². The van der Waals surface area contributed by atoms with Crippen LogP contribution in [0.15, 0.2) is 182 Å². The molecule has 9 aromatic rings. The number of carboxylic acids is 2. The van der Waals surface area contributed by atoms with Gasteiger partial charge in [-0.2, -0.15) is 0 Å². The second-order valence-corrected chi connectivity index (χ2v) is 16.7. The van der Waals surface area contributed by atoms with Gasteiger partial charge in [0.2, 0.25) is 0 Å². The number of aromatic amines is 2. The fourth-order valence-electron chi connectivity index (χ4n) is 8.83. The summed E-state index contributed by atoms with van der Waals surface area (Å²) >= 11 is 0. The maximum Gasteiger partial charge on any atom is 0.335 e. The number of fused-ring (bicyclic) bond motifs is 8. The van der Waals surface area contributed by atoms with Gasteiger partial charge in [0.15, 0.2) is 0 Å². The number of hydrogen-bond donors (Lipinski definition) is 4. The number of nitrogens with zero attached hydrogens (tertiary/aromatic N) is 2. The molecule has 3 aromatic heterocycles. The third-order valence-electron chi connectivity index (χ3n) is 12.1. The Morgan fingerprint density at radius 1 is 0.343 bits per heavy atom. The van der Waals surface area contributed by atoms with E-state index in [2.05, 4.69) is 143 Å². The molecule has 0 saturated carbocycles. The van der Waals surface area contributed by atoms with Gasteiger partial charge >= 0.3 is 11.9 Å². The minimum atomic E-state index is -1.22. The monoisotopic (exact) mass is 902 g/mol. The molecule has 0 atom stereocenters. The summed E-state index contributed by atoms with van der Waals surface area (Å²) < 4.78 is 0. The first-order valence-corrected chi connectivity index (χ1v) is 22.5. The third kappa shape index (κ3) is 8.60. The lowest BCUT2D eigenvalue weighted by atomic mass is 10.0. The number of hydrogen-bond acceptors (Lipinski definition) is 4. The quantitative estimate of drug-likeness (QED) is 0.123. The standard InChI is InChI=1S/C62H38N4O4/c67-61(68)47-36-42(37-48(38-47)62(69)70)23-22-40-18-16-39(17-19-40)20-21-41-24-26-46(27-25-41)60-55-34-32-53(65-55)58(44-12-6-2-7-13-44)51-30-28-49(63-51)57(43-10-4-1-5-11-43)50-29-31-52(64-50)59(45-14-8-3-9-15-45)54-33-35-56(60)66-54/h1-19,24-38,63,66H,(H,67,68)(H,69,70). The zero-order valence-electron chi connectivity index (χ0n) is 37.2. The minimum Gasteiger partial charge on any atom is -0.478 e. The highest BCUT2D eigenvalue weighted by Crippen LogP contribution is 2.38. The van der Waals surface area contributed by atoms with Crippen molar-refractivity contribution < 1.29 is 19.8 Å². The van der Waals surface area contributed by atoms with Gasteiger partial charge in [-0.05, 0) is 125 Å². The fourth-order valence-corrected chi connectivity index (χ4v) is 8.83. The van der Waals surface area contributed by atoms with E-state index in [1.807, 2.05) is 78.9 Å². The number of benzene rings is 6. The predicted octanol–water partition coefficient (Wildman–Crippen LogP) is 13.5. The number of rotatable bonds is 6. The molecule has 0 fully saturated rings. The summed E-state index contributed by atoms with van der Waals surface area (Å²) in [5.41, 5.74) is 17.3. The van der Waals surface area contributed by atoms with Crippen LogP contribution in [0.3, 0.4) is 0 Å². The largest absolute Gasteiger partial charge is 0.478 e. The van der Waals surface area contributed by atoms with Gasteiger partial charge in [-0.25, -0.2) is 19.6 Å². The van der Waals surface area contributed by atoms with Gasteiger partial charge in [0.1, 0.15) is 0 Å². The summed E-state index contributed by atoms with van der Waals surface area (Å²) in [5, 5.41) is 18.9. The molecule has 330 valence electrons. The topological polar surface area (TPSA) is 132 Å². The average molecular weight is 903 g/mol. The van der Waals surface area contributed by atoms with E-state index >= 15 is 0 Å². The van der Waals surface area contributed by atoms with E-state index in [1.165, 1.54) is 12.1 Å². The van der Waals surface area contributed by atoms with Crippen molar-refractivity contribution in [3.63, 3.8) is 0 Å². The highest BCUT2D eigenvalue weighted by Gasteiger charge is 2.19. The predicted molar refractivity (Wildman–Crippen MR) is 279 cm³/mol. The Morgan fingerprint density at radius 2 is 0.629 bits per heavy atom. The van der Waals surface area contributed by atoms with Crippen LogP contribution in [0.5, 0.6) is 0 Å². The van der Waals surface area contributed by atoms with E-state index < -0.39 is 11.9 Å². The van der Waals surface area contributed by atoms with E-state index in [9.17, 15) is 19.8 Å². The summed E-state index contributed by atoms with van der Waals surface area (Å²) in [6.07, 6.45) is 8.40. The van der Waals surface area contributed by atoms with Crippen molar-refractivity contribution in [3.8, 4) is 68.2 Å². The van der Waals surface area contributed by atoms with E-state index in [0.29, 0.717) is 11.1 Å². The number of carboxylic acid groups (broad SMARTS) is 2. The molecule has 5 heterocycles. The lowest BCUT2D eigenvalue weighted by molar-refractivity contribution is 0.0696. The molecule has 0 aliphatic carbocycles. The molecule has 8 nitrogen and oxygen atoms in total. The Bertz CT molecular complexity index is 3850. The highest BCUT2D eigenvalue weighted by molar-refractivity contribution is 6.00. The van der Waals surface area contributed by atoms with Crippen molar-refractivity contribution in [2.24, 2.45) is 0 Å². The van der Waals surface area contributed by atoms with Gasteiger partial charge in [-0.1, -0.05) is 127 Å². The summed E-state index contributed by atoms with van der Waals surface area (Å²) in [6.45, 7) is 0. The Morgan fingerprint density at radius 3 is 0.943 bits per heavy atom. The minimum absolute atomic E-state index is 0.140. The van der Waals surface area contributed by atoms with Gasteiger partial charge in [0, 0.05) is 66.6 Å². The summed E-state index contributed by atoms with van der Waals surface area (Å²) in [5.74, 6) is 9.98. The molecule has 2 aliphatic rings. The van der Waals surface area contributed by atoms with Crippen molar-refractivity contribution in [3.05, 3.63) is 238 Å². The Balaban J connectivity index is 1.03. The molecular weight excluding hydrogens is 865 g/mol. The molecule has 0 amide bonds. The molecule has 0 radical (unpaired) electrons. The SMILES string of the molecule is O=C(O)c1cc(C#Cc2ccc(C#Cc3ccc(-c4c5nc(c(-c6ccccc6)c6ccc([nH]6)c(-c6ccccc6)c6nc(c(-c7ccccc7)c7ccc4[nH]7)C=C6)C=C5)cc3)cc2)cc(C(=O)O)c1. The molecule has 0 saturated heterocycles. The molecule has 0 spiro atoms. The molecule has 11 rings (SSSR count). The Hall–Kier alpha value is -10.0. The van der Waals surface area contributed by atoms with Gasteiger partial charge in [-0.3, -0.25) is 0 Å². The first-order chi connectivity index (χ1) is 34.3. The van der Waals surface area contributed by atoms with Crippen LogP contribution in [0.1, 0.15) is 65.7 Å². The van der Waals surface area contributed by atoms with Crippen LogP contribution in [0, 0.1) is 23.7 Å². The summed E-state index contributed by atoms with van der Waals surface area (Å²) in [7, 11) is 0. The van der Waals surface area contributed by atoms with Crippen molar-refractivity contribution in [2.75, 3.05) is 0 Å². The van der Waals surface area contributed by atoms with Crippen LogP contribution >= 0.6 is 0 Å². The van der Waals surface area contributed by atoms with Crippen LogP contribution in [0.4, 0.5) is 0 Å². The normalized spacial score (nSPS) is 11.3. The lowest BCUT2D eigenvalue weighted by Crippen LogP contribution is -2.03. The van der Waals surface area contributed by atoms with Crippen molar-refractivity contribution in [1.29, 1.82) is 0 Å². The van der Waals surface area contributed by atoms with Crippen LogP contribution in [-0.2, 0) is 0 Å². The van der Waals surface area contributed by atoms with Gasteiger partial charge in [0.25, 0.3) is 0 Å². The molecule has 4 N–H and O–H groups in total. The van der Waals surface area contributed by atoms with Gasteiger partial charge in [-0.15, -0.1) is 0 Å². The smallest absolute Gasteiger partial charge is 0.335 e. The fraction of sp³-hybridized carbons (Fsp3) is 0. The van der Waals surface area contributed by atoms with Gasteiger partial charge < -0.3 is 20.2 Å². The number of nitrogens with one attached hydrogen (secondary N) is 2. The average Bonchev–Trinajstić information content (AvgIpc) is 4.26. The lowest BCUT2D eigenvalue weighted by Gasteiger charge is -2.07. The number of aromatic carboxylic acids is 2. The van der Waals surface area contributed by atoms with E-state index in [4.69, 9.17) is 9.97 Å². The maximum absolute atomic E-state index is 11.5. The Kier molecular flexibility index (Phi) is 11.2. The molecule has 6 aromatic carbocycles. The molecule has 0 unspecified atom stereocenters. The molecule has 2 aliphatic heterocycles. The van der Waals surface area contributed by atoms with Gasteiger partial charge in [0.05, 0.1) is 33.9 Å². The summed E-state index contributed by atoms with van der Waals surface area (Å²) in [6, 6.07) is 59.0. The number of aromatic nitrogens is 4. The second-order valence-electron chi connectivity index (χ2n) is 16.7. The zero-order chi connectivity index (χ0) is 47.6. The highest BCUT2D eigenvalue weighted by atomic mass is 16.4. The second kappa shape index (κ2) is 18.3. The van der Waals surface area contributed by atoms with Crippen LogP contribution in [0.25, 0.3) is 90.9 Å². The van der Waals surface area contributed by atoms with E-state index in [1.54, 1.807) is 0 Å². The zero-order valence-corrected chi connectivity index (χ0v) is 37.2. The maximum atomic E-state index is 11.5. The third-order valence-corrected chi connectivity index (χ3v) is 12.1. The van der Waals surface area contributed by atoms with Crippen molar-refractivity contribution in [1.82, 2.24) is 19.9 Å². The Labute approximate surface area is 402 Å². The van der Waals surface area contributed by atoms with E-state index in [-0.39, 0.29) is 11.1 Å². The molecule has 8 heteroatoms. The van der Waals surface area contributed by atoms with Crippen molar-refractivity contribution >= 4 is 58.3 Å². The first kappa shape index (κ1) is 42.6. The number of H-pyrrole nitrogens is 2. The first-order valence-electron chi connectivity index (χ1n) is 22.5. The van der Waals surface area contributed by atoms with Crippen LogP contribution < -0.4 is 0 Å². The van der Waals surface area contributed by atoms with E-state index in [0.717, 1.165) is 107 Å². The summed E-state index contributed by atoms with van der Waals surface area (Å²) in [4.78, 5) is 41.5. The molecular formula is C62H38N4O4. The van der Waals surface area contributed by atoms with Crippen LogP contribution in [-0.4, -0.2) is 42.1 Å². The molecule has 8 bridgehead atoms.